The molecule has 0 aromatic carbocycles. The standard InChI is InChI=1S/C5H9ClO2/c1-3-7-5(2)8-4-6/h2-4H2,1H3. The Balaban J connectivity index is 3.06. The molecule has 0 aliphatic heterocycles. The summed E-state index contributed by atoms with van der Waals surface area (Å²) in [4.78, 5) is 0. The minimum atomic E-state index is 0.0961. The molecule has 0 aliphatic rings. The van der Waals surface area contributed by atoms with Crippen LogP contribution in [0.4, 0.5) is 0 Å². The summed E-state index contributed by atoms with van der Waals surface area (Å²) in [5, 5.41) is 0. The molecule has 0 radical (unpaired) electrons. The molecule has 0 bridgehead atoms. The molecular formula is C5H9ClO2. The van der Waals surface area contributed by atoms with Gasteiger partial charge in [0.05, 0.1) is 6.61 Å². The highest BCUT2D eigenvalue weighted by molar-refractivity contribution is 6.17. The smallest absolute Gasteiger partial charge is 0.272 e. The summed E-state index contributed by atoms with van der Waals surface area (Å²) in [6, 6.07) is 0.0961. The minimum absolute atomic E-state index is 0.0961. The van der Waals surface area contributed by atoms with Crippen LogP contribution in [0, 0.1) is 0 Å². The Bertz CT molecular complexity index is 64.8. The highest BCUT2D eigenvalue weighted by atomic mass is 35.5. The summed E-state index contributed by atoms with van der Waals surface area (Å²) in [6.45, 7) is 5.82. The Labute approximate surface area is 54.0 Å². The van der Waals surface area contributed by atoms with Crippen LogP contribution in [0.5, 0.6) is 0 Å². The summed E-state index contributed by atoms with van der Waals surface area (Å²) in [5.74, 6) is 0.280. The molecule has 0 fully saturated rings. The molecule has 0 aromatic heterocycles. The number of rotatable bonds is 4. The molecule has 0 aliphatic carbocycles. The van der Waals surface area contributed by atoms with E-state index in [2.05, 4.69) is 11.3 Å². The molecule has 0 saturated carbocycles. The molecule has 0 amide bonds. The number of alkyl halides is 1. The lowest BCUT2D eigenvalue weighted by atomic mass is 10.8. The van der Waals surface area contributed by atoms with Crippen molar-refractivity contribution in [1.29, 1.82) is 0 Å². The molecule has 0 atom stereocenters. The van der Waals surface area contributed by atoms with Crippen LogP contribution in [0.15, 0.2) is 12.5 Å². The lowest BCUT2D eigenvalue weighted by molar-refractivity contribution is 0.0627. The predicted octanol–water partition coefficient (Wildman–Crippen LogP) is 1.71. The maximum atomic E-state index is 5.17. The minimum Gasteiger partial charge on any atom is -0.466 e. The van der Waals surface area contributed by atoms with E-state index < -0.39 is 0 Å². The Morgan fingerprint density at radius 3 is 2.62 bits per heavy atom. The molecule has 0 unspecified atom stereocenters. The van der Waals surface area contributed by atoms with Gasteiger partial charge in [-0.25, -0.2) is 0 Å². The molecule has 2 nitrogen and oxygen atoms in total. The van der Waals surface area contributed by atoms with E-state index >= 15 is 0 Å². The first-order valence-electron chi connectivity index (χ1n) is 2.31. The van der Waals surface area contributed by atoms with Gasteiger partial charge in [-0.05, 0) is 13.5 Å². The molecule has 0 spiro atoms. The quantitative estimate of drug-likeness (QED) is 0.433. The third-order valence-corrected chi connectivity index (χ3v) is 0.630. The highest BCUT2D eigenvalue weighted by Gasteiger charge is 1.87. The predicted molar refractivity (Wildman–Crippen MR) is 32.6 cm³/mol. The zero-order valence-electron chi connectivity index (χ0n) is 4.82. The first kappa shape index (κ1) is 7.63. The number of ether oxygens (including phenoxy) is 2. The first-order chi connectivity index (χ1) is 3.81. The second-order valence-corrected chi connectivity index (χ2v) is 1.28. The van der Waals surface area contributed by atoms with Gasteiger partial charge >= 0.3 is 0 Å². The summed E-state index contributed by atoms with van der Waals surface area (Å²) >= 11 is 5.17. The summed E-state index contributed by atoms with van der Waals surface area (Å²) < 4.78 is 9.41. The van der Waals surface area contributed by atoms with Crippen LogP contribution >= 0.6 is 11.6 Å². The molecule has 0 N–H and O–H groups in total. The van der Waals surface area contributed by atoms with Crippen LogP contribution in [0.1, 0.15) is 6.92 Å². The molecule has 0 heterocycles. The van der Waals surface area contributed by atoms with Crippen LogP contribution in [-0.4, -0.2) is 12.7 Å². The van der Waals surface area contributed by atoms with Crippen LogP contribution in [-0.2, 0) is 9.47 Å². The zero-order valence-corrected chi connectivity index (χ0v) is 5.57. The van der Waals surface area contributed by atoms with Crippen molar-refractivity contribution >= 4 is 11.6 Å². The molecular weight excluding hydrogens is 128 g/mol. The second kappa shape index (κ2) is 4.78. The Hall–Kier alpha value is -0.370. The van der Waals surface area contributed by atoms with Crippen molar-refractivity contribution in [2.24, 2.45) is 0 Å². The van der Waals surface area contributed by atoms with Gasteiger partial charge in [0, 0.05) is 0 Å². The van der Waals surface area contributed by atoms with E-state index in [0.717, 1.165) is 0 Å². The molecule has 0 rings (SSSR count). The molecule has 48 valence electrons. The van der Waals surface area contributed by atoms with Crippen molar-refractivity contribution in [1.82, 2.24) is 0 Å². The highest BCUT2D eigenvalue weighted by Crippen LogP contribution is 1.95. The van der Waals surface area contributed by atoms with Crippen molar-refractivity contribution in [3.8, 4) is 0 Å². The van der Waals surface area contributed by atoms with E-state index in [-0.39, 0.29) is 12.0 Å². The third-order valence-electron chi connectivity index (χ3n) is 0.521. The van der Waals surface area contributed by atoms with Gasteiger partial charge in [-0.1, -0.05) is 11.6 Å². The largest absolute Gasteiger partial charge is 0.466 e. The Kier molecular flexibility index (Phi) is 4.56. The van der Waals surface area contributed by atoms with E-state index in [1.54, 1.807) is 0 Å². The monoisotopic (exact) mass is 136 g/mol. The van der Waals surface area contributed by atoms with Crippen LogP contribution < -0.4 is 0 Å². The molecule has 0 aromatic rings. The fourth-order valence-corrected chi connectivity index (χ4v) is 0.385. The van der Waals surface area contributed by atoms with Gasteiger partial charge in [-0.3, -0.25) is 0 Å². The normalized spacial score (nSPS) is 8.25. The average Bonchev–Trinajstić information content (AvgIpc) is 1.68. The number of hydrogen-bond acceptors (Lipinski definition) is 2. The Morgan fingerprint density at radius 2 is 2.25 bits per heavy atom. The van der Waals surface area contributed by atoms with E-state index in [1.807, 2.05) is 6.92 Å². The van der Waals surface area contributed by atoms with Crippen molar-refractivity contribution in [3.05, 3.63) is 12.5 Å². The topological polar surface area (TPSA) is 18.5 Å². The van der Waals surface area contributed by atoms with Gasteiger partial charge in [0.1, 0.15) is 0 Å². The van der Waals surface area contributed by atoms with Crippen molar-refractivity contribution in [2.75, 3.05) is 12.7 Å². The van der Waals surface area contributed by atoms with E-state index in [1.165, 1.54) is 0 Å². The average molecular weight is 137 g/mol. The van der Waals surface area contributed by atoms with E-state index in [0.29, 0.717) is 6.61 Å². The number of hydrogen-bond donors (Lipinski definition) is 0. The Morgan fingerprint density at radius 1 is 1.62 bits per heavy atom. The van der Waals surface area contributed by atoms with E-state index in [4.69, 9.17) is 16.3 Å². The lowest BCUT2D eigenvalue weighted by Crippen LogP contribution is -1.93. The summed E-state index contributed by atoms with van der Waals surface area (Å²) in [7, 11) is 0. The van der Waals surface area contributed by atoms with Gasteiger partial charge in [0.2, 0.25) is 0 Å². The van der Waals surface area contributed by atoms with Gasteiger partial charge in [0.25, 0.3) is 5.95 Å². The lowest BCUT2D eigenvalue weighted by Gasteiger charge is -2.03. The molecule has 3 heteroatoms. The van der Waals surface area contributed by atoms with Crippen LogP contribution in [0.25, 0.3) is 0 Å². The third kappa shape index (κ3) is 3.81. The van der Waals surface area contributed by atoms with Gasteiger partial charge < -0.3 is 9.47 Å². The maximum absolute atomic E-state index is 5.17. The number of halogens is 1. The molecule has 0 saturated heterocycles. The van der Waals surface area contributed by atoms with Crippen LogP contribution in [0.3, 0.4) is 0 Å². The van der Waals surface area contributed by atoms with Crippen LogP contribution in [0.2, 0.25) is 0 Å². The summed E-state index contributed by atoms with van der Waals surface area (Å²) in [6.07, 6.45) is 0. The zero-order chi connectivity index (χ0) is 6.41. The van der Waals surface area contributed by atoms with Gasteiger partial charge in [-0.15, -0.1) is 0 Å². The van der Waals surface area contributed by atoms with E-state index in [9.17, 15) is 0 Å². The van der Waals surface area contributed by atoms with Crippen molar-refractivity contribution in [3.63, 3.8) is 0 Å². The van der Waals surface area contributed by atoms with Gasteiger partial charge in [0.15, 0.2) is 6.07 Å². The SMILES string of the molecule is C=C(OCC)OCCl. The fraction of sp³-hybridized carbons (Fsp3) is 0.600. The van der Waals surface area contributed by atoms with Crippen molar-refractivity contribution < 1.29 is 9.47 Å². The fourth-order valence-electron chi connectivity index (χ4n) is 0.264. The maximum Gasteiger partial charge on any atom is 0.272 e. The van der Waals surface area contributed by atoms with Gasteiger partial charge in [-0.2, -0.15) is 0 Å². The van der Waals surface area contributed by atoms with Crippen molar-refractivity contribution in [2.45, 2.75) is 6.92 Å². The first-order valence-corrected chi connectivity index (χ1v) is 2.85. The molecule has 8 heavy (non-hydrogen) atoms. The second-order valence-electron chi connectivity index (χ2n) is 1.06. The summed E-state index contributed by atoms with van der Waals surface area (Å²) in [5.41, 5.74) is 0.